The molecule has 0 unspecified atom stereocenters. The second-order valence-electron chi connectivity index (χ2n) is 6.43. The molecule has 0 atom stereocenters. The van der Waals surface area contributed by atoms with Gasteiger partial charge in [0, 0.05) is 16.9 Å². The van der Waals surface area contributed by atoms with Crippen LogP contribution in [-0.4, -0.2) is 15.6 Å². The maximum atomic E-state index is 13.1. The Labute approximate surface area is 172 Å². The highest BCUT2D eigenvalue weighted by atomic mass is 35.5. The lowest BCUT2D eigenvalue weighted by Gasteiger charge is -2.12. The average Bonchev–Trinajstić information content (AvgIpc) is 2.73. The highest BCUT2D eigenvalue weighted by molar-refractivity contribution is 6.30. The molecule has 0 spiro atoms. The van der Waals surface area contributed by atoms with Crippen LogP contribution >= 0.6 is 11.6 Å². The minimum absolute atomic E-state index is 0.214. The zero-order chi connectivity index (χ0) is 20.2. The van der Waals surface area contributed by atoms with E-state index in [1.54, 1.807) is 18.3 Å². The van der Waals surface area contributed by atoms with E-state index < -0.39 is 0 Å². The quantitative estimate of drug-likeness (QED) is 0.369. The number of benzene rings is 2. The molecule has 2 heterocycles. The molecule has 2 aromatic carbocycles. The van der Waals surface area contributed by atoms with Crippen LogP contribution in [0.25, 0.3) is 5.65 Å². The van der Waals surface area contributed by atoms with Crippen LogP contribution in [0.5, 0.6) is 0 Å². The predicted molar refractivity (Wildman–Crippen MR) is 119 cm³/mol. The van der Waals surface area contributed by atoms with Crippen molar-refractivity contribution in [1.82, 2.24) is 9.38 Å². The van der Waals surface area contributed by atoms with Crippen molar-refractivity contribution >= 4 is 40.7 Å². The molecule has 0 amide bonds. The normalized spacial score (nSPS) is 11.1. The predicted octanol–water partition coefficient (Wildman–Crippen LogP) is 4.85. The lowest BCUT2D eigenvalue weighted by atomic mass is 10.2. The number of nitrogens with zero attached hydrogens (tertiary/aromatic N) is 3. The lowest BCUT2D eigenvalue weighted by molar-refractivity contribution is 1.03. The minimum Gasteiger partial charge on any atom is -0.339 e. The summed E-state index contributed by atoms with van der Waals surface area (Å²) >= 11 is 5.97. The van der Waals surface area contributed by atoms with Crippen molar-refractivity contribution in [3.8, 4) is 0 Å². The number of pyridine rings is 1. The van der Waals surface area contributed by atoms with Gasteiger partial charge in [-0.05, 0) is 55.0 Å². The molecular formula is C22H18ClN5O. The average molecular weight is 404 g/mol. The molecule has 2 N–H and O–H groups in total. The highest BCUT2D eigenvalue weighted by Crippen LogP contribution is 2.20. The van der Waals surface area contributed by atoms with Crippen molar-refractivity contribution in [1.29, 1.82) is 0 Å². The molecule has 4 aromatic rings. The molecule has 0 aliphatic heterocycles. The number of hydrazone groups is 1. The van der Waals surface area contributed by atoms with Crippen LogP contribution in [0.15, 0.2) is 82.8 Å². The molecule has 0 bridgehead atoms. The number of anilines is 3. The van der Waals surface area contributed by atoms with Gasteiger partial charge in [-0.1, -0.05) is 35.9 Å². The molecule has 0 saturated carbocycles. The van der Waals surface area contributed by atoms with E-state index in [0.29, 0.717) is 22.1 Å². The van der Waals surface area contributed by atoms with Crippen LogP contribution in [0.3, 0.4) is 0 Å². The smallest absolute Gasteiger partial charge is 0.268 e. The Kier molecular flexibility index (Phi) is 5.27. The molecule has 0 fully saturated rings. The Morgan fingerprint density at radius 2 is 1.76 bits per heavy atom. The number of nitrogens with one attached hydrogen (secondary N) is 2. The van der Waals surface area contributed by atoms with Gasteiger partial charge in [-0.25, -0.2) is 4.98 Å². The van der Waals surface area contributed by atoms with E-state index in [1.165, 1.54) is 10.6 Å². The summed E-state index contributed by atoms with van der Waals surface area (Å²) in [6, 6.07) is 20.4. The standard InChI is InChI=1S/C22H18ClN5O/c1-15-6-5-13-28-21(15)26-20(25-17-11-9-16(23)10-12-17)19(22(28)29)14-24-27-18-7-3-2-4-8-18/h2-14,25,27H,1H3. The largest absolute Gasteiger partial charge is 0.339 e. The van der Waals surface area contributed by atoms with E-state index in [2.05, 4.69) is 20.8 Å². The summed E-state index contributed by atoms with van der Waals surface area (Å²) in [5.41, 5.74) is 6.12. The first kappa shape index (κ1) is 18.7. The fraction of sp³-hybridized carbons (Fsp3) is 0.0455. The summed E-state index contributed by atoms with van der Waals surface area (Å²) in [6.07, 6.45) is 3.18. The fourth-order valence-corrected chi connectivity index (χ4v) is 3.00. The third-order valence-electron chi connectivity index (χ3n) is 4.35. The molecule has 7 heteroatoms. The van der Waals surface area contributed by atoms with Crippen molar-refractivity contribution < 1.29 is 0 Å². The van der Waals surface area contributed by atoms with Gasteiger partial charge in [0.2, 0.25) is 0 Å². The van der Waals surface area contributed by atoms with Gasteiger partial charge < -0.3 is 5.32 Å². The second-order valence-corrected chi connectivity index (χ2v) is 6.87. The maximum absolute atomic E-state index is 13.1. The van der Waals surface area contributed by atoms with Gasteiger partial charge in [-0.3, -0.25) is 14.6 Å². The number of para-hydroxylation sites is 1. The Bertz CT molecular complexity index is 1230. The Morgan fingerprint density at radius 3 is 2.52 bits per heavy atom. The number of hydrogen-bond acceptors (Lipinski definition) is 5. The first-order valence-corrected chi connectivity index (χ1v) is 9.38. The maximum Gasteiger partial charge on any atom is 0.268 e. The summed E-state index contributed by atoms with van der Waals surface area (Å²) in [5.74, 6) is 0.422. The van der Waals surface area contributed by atoms with Gasteiger partial charge in [0.15, 0.2) is 0 Å². The number of fused-ring (bicyclic) bond motifs is 1. The van der Waals surface area contributed by atoms with E-state index in [0.717, 1.165) is 16.9 Å². The lowest BCUT2D eigenvalue weighted by Crippen LogP contribution is -2.22. The zero-order valence-electron chi connectivity index (χ0n) is 15.6. The monoisotopic (exact) mass is 403 g/mol. The van der Waals surface area contributed by atoms with Crippen LogP contribution in [0.2, 0.25) is 5.02 Å². The summed E-state index contributed by atoms with van der Waals surface area (Å²) in [4.78, 5) is 17.8. The van der Waals surface area contributed by atoms with Gasteiger partial charge in [-0.2, -0.15) is 5.10 Å². The van der Waals surface area contributed by atoms with Crippen molar-refractivity contribution in [2.45, 2.75) is 6.92 Å². The van der Waals surface area contributed by atoms with Crippen LogP contribution in [0, 0.1) is 6.92 Å². The third-order valence-corrected chi connectivity index (χ3v) is 4.60. The first-order valence-electron chi connectivity index (χ1n) is 9.00. The summed E-state index contributed by atoms with van der Waals surface area (Å²) < 4.78 is 1.52. The van der Waals surface area contributed by atoms with Crippen molar-refractivity contribution in [3.63, 3.8) is 0 Å². The SMILES string of the molecule is Cc1cccn2c(=O)c(C=NNc3ccccc3)c(Nc3ccc(Cl)cc3)nc12. The van der Waals surface area contributed by atoms with Crippen LogP contribution in [0.4, 0.5) is 17.2 Å². The molecule has 6 nitrogen and oxygen atoms in total. The summed E-state index contributed by atoms with van der Waals surface area (Å²) in [5, 5.41) is 8.07. The first-order chi connectivity index (χ1) is 14.1. The van der Waals surface area contributed by atoms with E-state index >= 15 is 0 Å². The molecule has 0 aliphatic carbocycles. The van der Waals surface area contributed by atoms with Gasteiger partial charge in [0.1, 0.15) is 17.0 Å². The Morgan fingerprint density at radius 1 is 1.00 bits per heavy atom. The number of halogens is 1. The van der Waals surface area contributed by atoms with Gasteiger partial charge in [0.25, 0.3) is 5.56 Å². The van der Waals surface area contributed by atoms with Crippen LogP contribution in [-0.2, 0) is 0 Å². The van der Waals surface area contributed by atoms with Crippen molar-refractivity contribution in [2.24, 2.45) is 5.10 Å². The molecule has 4 rings (SSSR count). The topological polar surface area (TPSA) is 70.8 Å². The van der Waals surface area contributed by atoms with Gasteiger partial charge >= 0.3 is 0 Å². The van der Waals surface area contributed by atoms with E-state index in [9.17, 15) is 4.79 Å². The number of hydrogen-bond donors (Lipinski definition) is 2. The number of aryl methyl sites for hydroxylation is 1. The summed E-state index contributed by atoms with van der Waals surface area (Å²) in [7, 11) is 0. The Balaban J connectivity index is 1.78. The van der Waals surface area contributed by atoms with Crippen LogP contribution in [0.1, 0.15) is 11.1 Å². The van der Waals surface area contributed by atoms with Crippen molar-refractivity contribution in [3.05, 3.63) is 99.4 Å². The zero-order valence-corrected chi connectivity index (χ0v) is 16.4. The third kappa shape index (κ3) is 4.12. The molecule has 0 radical (unpaired) electrons. The van der Waals surface area contributed by atoms with Gasteiger partial charge in [-0.15, -0.1) is 0 Å². The fourth-order valence-electron chi connectivity index (χ4n) is 2.88. The molecule has 144 valence electrons. The molecule has 29 heavy (non-hydrogen) atoms. The highest BCUT2D eigenvalue weighted by Gasteiger charge is 2.13. The number of aromatic nitrogens is 2. The van der Waals surface area contributed by atoms with E-state index in [1.807, 2.05) is 61.5 Å². The Hall–Kier alpha value is -3.64. The van der Waals surface area contributed by atoms with Gasteiger partial charge in [0.05, 0.1) is 11.9 Å². The summed E-state index contributed by atoms with van der Waals surface area (Å²) in [6.45, 7) is 1.92. The molecule has 2 aromatic heterocycles. The number of rotatable bonds is 5. The van der Waals surface area contributed by atoms with Crippen molar-refractivity contribution in [2.75, 3.05) is 10.7 Å². The minimum atomic E-state index is -0.214. The molecule has 0 saturated heterocycles. The second kappa shape index (κ2) is 8.16. The van der Waals surface area contributed by atoms with Crippen LogP contribution < -0.4 is 16.3 Å². The van der Waals surface area contributed by atoms with E-state index in [-0.39, 0.29) is 5.56 Å². The molecular weight excluding hydrogens is 386 g/mol. The molecule has 0 aliphatic rings. The van der Waals surface area contributed by atoms with E-state index in [4.69, 9.17) is 11.6 Å².